The van der Waals surface area contributed by atoms with Crippen molar-refractivity contribution in [2.75, 3.05) is 0 Å². The number of carboxylic acid groups (broad SMARTS) is 2. The normalized spacial score (nSPS) is 17.5. The van der Waals surface area contributed by atoms with Crippen LogP contribution in [0.25, 0.3) is 12.3 Å². The zero-order chi connectivity index (χ0) is 8.65. The Labute approximate surface area is 95.5 Å². The second-order valence-corrected chi connectivity index (χ2v) is 2.86. The number of nitrogens with two attached hydrogens (primary N) is 3. The molecule has 8 N–H and O–H groups in total. The molecule has 7 nitrogen and oxygen atoms in total. The van der Waals surface area contributed by atoms with E-state index in [1.807, 2.05) is 0 Å². The molecule has 0 amide bonds. The van der Waals surface area contributed by atoms with Gasteiger partial charge in [0.05, 0.1) is 0 Å². The molecular weight excluding hydrogens is 373 g/mol. The number of hydrogen-bond donors (Lipinski definition) is 3. The first-order chi connectivity index (χ1) is 4.99. The van der Waals surface area contributed by atoms with Gasteiger partial charge in [-0.2, -0.15) is 0 Å². The molecule has 8 heteroatoms. The summed E-state index contributed by atoms with van der Waals surface area (Å²) in [6, 6.07) is -0.276. The minimum absolute atomic E-state index is 0. The standard InChI is InChI=1S/C6H9NO4.2H2N.Pt/c7-3-1-6(2-3,4(8)9)5(10)11;;;/h3H,1-2,7H2,(H,8,9)(H,10,11);2*1H2;/q;2*-1;+2. The number of hydrogen-bond acceptors (Lipinski definition) is 3. The van der Waals surface area contributed by atoms with Gasteiger partial charge < -0.3 is 28.2 Å². The number of carboxylic acids is 2. The predicted molar refractivity (Wildman–Crippen MR) is 45.5 cm³/mol. The van der Waals surface area contributed by atoms with Crippen molar-refractivity contribution in [2.45, 2.75) is 18.9 Å². The van der Waals surface area contributed by atoms with Crippen LogP contribution in [0.15, 0.2) is 0 Å². The van der Waals surface area contributed by atoms with Gasteiger partial charge in [0.2, 0.25) is 0 Å². The molecular formula is C6H13N3O4Pt. The molecule has 1 rings (SSSR count). The molecule has 0 bridgehead atoms. The molecule has 0 unspecified atom stereocenters. The molecule has 0 aromatic heterocycles. The molecule has 0 saturated heterocycles. The van der Waals surface area contributed by atoms with Crippen LogP contribution >= 0.6 is 0 Å². The van der Waals surface area contributed by atoms with E-state index in [4.69, 9.17) is 15.9 Å². The zero-order valence-corrected chi connectivity index (χ0v) is 9.52. The maximum absolute atomic E-state index is 10.5. The van der Waals surface area contributed by atoms with Crippen LogP contribution in [0.4, 0.5) is 0 Å². The molecule has 0 radical (unpaired) electrons. The Balaban J connectivity index is -0.000000403. The third-order valence-corrected chi connectivity index (χ3v) is 2.04. The molecule has 14 heavy (non-hydrogen) atoms. The summed E-state index contributed by atoms with van der Waals surface area (Å²) < 4.78 is 0. The molecule has 0 atom stereocenters. The Kier molecular flexibility index (Phi) is 8.31. The van der Waals surface area contributed by atoms with Crippen molar-refractivity contribution < 1.29 is 40.9 Å². The molecule has 86 valence electrons. The molecule has 1 aliphatic carbocycles. The summed E-state index contributed by atoms with van der Waals surface area (Å²) in [5.74, 6) is -2.57. The quantitative estimate of drug-likeness (QED) is 0.593. The SMILES string of the molecule is NC1CC(C(=O)O)(C(=O)O)C1.[NH2-].[NH2-].[Pt+2]. The Morgan fingerprint density at radius 3 is 1.50 bits per heavy atom. The van der Waals surface area contributed by atoms with Gasteiger partial charge in [0.1, 0.15) is 0 Å². The average molecular weight is 386 g/mol. The van der Waals surface area contributed by atoms with Crippen LogP contribution in [-0.4, -0.2) is 28.2 Å². The molecule has 0 aromatic carbocycles. The topological polar surface area (TPSA) is 168 Å². The van der Waals surface area contributed by atoms with E-state index in [2.05, 4.69) is 0 Å². The fraction of sp³-hybridized carbons (Fsp3) is 0.667. The summed E-state index contributed by atoms with van der Waals surface area (Å²) in [6.07, 6.45) is 0.0787. The smallest absolute Gasteiger partial charge is 0.693 e. The second kappa shape index (κ2) is 6.08. The maximum Gasteiger partial charge on any atom is 2.00 e. The average Bonchev–Trinajstić information content (AvgIpc) is 1.78. The monoisotopic (exact) mass is 386 g/mol. The van der Waals surface area contributed by atoms with E-state index in [-0.39, 0.29) is 52.2 Å². The second-order valence-electron chi connectivity index (χ2n) is 2.86. The summed E-state index contributed by atoms with van der Waals surface area (Å²) in [5.41, 5.74) is 3.71. The molecule has 0 aliphatic heterocycles. The Hall–Kier alpha value is -0.492. The first-order valence-corrected chi connectivity index (χ1v) is 3.21. The van der Waals surface area contributed by atoms with Crippen molar-refractivity contribution in [3.05, 3.63) is 12.3 Å². The largest absolute Gasteiger partial charge is 2.00 e. The Morgan fingerprint density at radius 1 is 1.14 bits per heavy atom. The van der Waals surface area contributed by atoms with Gasteiger partial charge in [-0.3, -0.25) is 9.59 Å². The van der Waals surface area contributed by atoms with Gasteiger partial charge >= 0.3 is 33.0 Å². The first kappa shape index (κ1) is 19.1. The minimum Gasteiger partial charge on any atom is -0.693 e. The van der Waals surface area contributed by atoms with Crippen LogP contribution < -0.4 is 5.73 Å². The summed E-state index contributed by atoms with van der Waals surface area (Å²) in [5, 5.41) is 17.1. The van der Waals surface area contributed by atoms with E-state index < -0.39 is 17.4 Å². The molecule has 0 heterocycles. The number of carbonyl (C=O) groups is 2. The van der Waals surface area contributed by atoms with Crippen molar-refractivity contribution >= 4 is 11.9 Å². The summed E-state index contributed by atoms with van der Waals surface area (Å²) in [6.45, 7) is 0. The van der Waals surface area contributed by atoms with Crippen molar-refractivity contribution in [1.82, 2.24) is 0 Å². The molecule has 1 fully saturated rings. The fourth-order valence-electron chi connectivity index (χ4n) is 1.28. The van der Waals surface area contributed by atoms with Gasteiger partial charge in [0, 0.05) is 6.04 Å². The van der Waals surface area contributed by atoms with Gasteiger partial charge in [-0.15, -0.1) is 0 Å². The van der Waals surface area contributed by atoms with E-state index in [9.17, 15) is 9.59 Å². The molecule has 0 aromatic rings. The number of rotatable bonds is 2. The van der Waals surface area contributed by atoms with E-state index in [1.54, 1.807) is 0 Å². The van der Waals surface area contributed by atoms with Crippen molar-refractivity contribution in [3.63, 3.8) is 0 Å². The van der Waals surface area contributed by atoms with E-state index in [1.165, 1.54) is 0 Å². The van der Waals surface area contributed by atoms with Crippen LogP contribution in [0.1, 0.15) is 12.8 Å². The van der Waals surface area contributed by atoms with E-state index in [0.717, 1.165) is 0 Å². The van der Waals surface area contributed by atoms with Gasteiger partial charge in [0.25, 0.3) is 0 Å². The fourth-order valence-corrected chi connectivity index (χ4v) is 1.28. The van der Waals surface area contributed by atoms with Crippen LogP contribution in [0.3, 0.4) is 0 Å². The van der Waals surface area contributed by atoms with E-state index in [0.29, 0.717) is 0 Å². The third kappa shape index (κ3) is 2.75. The summed E-state index contributed by atoms with van der Waals surface area (Å²) in [7, 11) is 0. The minimum atomic E-state index is -1.60. The van der Waals surface area contributed by atoms with Gasteiger partial charge in [-0.05, 0) is 12.8 Å². The van der Waals surface area contributed by atoms with Crippen molar-refractivity contribution in [2.24, 2.45) is 11.1 Å². The van der Waals surface area contributed by atoms with Crippen LogP contribution in [-0.2, 0) is 30.7 Å². The summed E-state index contributed by atoms with van der Waals surface area (Å²) >= 11 is 0. The Bertz CT molecular complexity index is 201. The third-order valence-electron chi connectivity index (χ3n) is 2.04. The molecule has 1 aliphatic rings. The molecule has 1 saturated carbocycles. The molecule has 0 spiro atoms. The van der Waals surface area contributed by atoms with Gasteiger partial charge in [-0.1, -0.05) is 0 Å². The summed E-state index contributed by atoms with van der Waals surface area (Å²) in [4.78, 5) is 20.9. The van der Waals surface area contributed by atoms with Gasteiger partial charge in [-0.25, -0.2) is 0 Å². The van der Waals surface area contributed by atoms with E-state index >= 15 is 0 Å². The van der Waals surface area contributed by atoms with Crippen LogP contribution in [0.5, 0.6) is 0 Å². The van der Waals surface area contributed by atoms with Gasteiger partial charge in [0.15, 0.2) is 5.41 Å². The van der Waals surface area contributed by atoms with Crippen LogP contribution in [0, 0.1) is 5.41 Å². The first-order valence-electron chi connectivity index (χ1n) is 3.21. The number of aliphatic carboxylic acids is 2. The van der Waals surface area contributed by atoms with Crippen LogP contribution in [0.2, 0.25) is 0 Å². The zero-order valence-electron chi connectivity index (χ0n) is 7.25. The van der Waals surface area contributed by atoms with Crippen molar-refractivity contribution in [1.29, 1.82) is 0 Å². The Morgan fingerprint density at radius 2 is 1.43 bits per heavy atom. The predicted octanol–water partition coefficient (Wildman–Crippen LogP) is 0.695. The maximum atomic E-state index is 10.5. The van der Waals surface area contributed by atoms with Crippen molar-refractivity contribution in [3.8, 4) is 0 Å².